The van der Waals surface area contributed by atoms with Gasteiger partial charge in [0.25, 0.3) is 0 Å². The molecule has 0 aliphatic heterocycles. The third kappa shape index (κ3) is 4.93. The van der Waals surface area contributed by atoms with E-state index in [0.717, 1.165) is 24.8 Å². The van der Waals surface area contributed by atoms with E-state index in [1.165, 1.54) is 6.07 Å². The number of anilines is 1. The standard InChI is InChI=1S/C23H29FN2O3/c1-3-28-13-14-29-21-17(2)15-18(16-25-21)26-22(27)23(11-7-4-8-12-23)19-9-5-6-10-20(19)24/h5-6,9-10,15-16H,3-4,7-8,11-14H2,1-2H3,(H,26,27). The van der Waals surface area contributed by atoms with Crippen molar-refractivity contribution in [3.8, 4) is 5.88 Å². The second-order valence-corrected chi connectivity index (χ2v) is 7.47. The van der Waals surface area contributed by atoms with E-state index in [2.05, 4.69) is 10.3 Å². The van der Waals surface area contributed by atoms with Crippen LogP contribution in [0.5, 0.6) is 5.88 Å². The number of rotatable bonds is 8. The summed E-state index contributed by atoms with van der Waals surface area (Å²) in [5, 5.41) is 2.97. The maximum Gasteiger partial charge on any atom is 0.235 e. The van der Waals surface area contributed by atoms with Gasteiger partial charge in [-0.15, -0.1) is 0 Å². The zero-order valence-corrected chi connectivity index (χ0v) is 17.2. The van der Waals surface area contributed by atoms with Crippen LogP contribution in [-0.2, 0) is 14.9 Å². The van der Waals surface area contributed by atoms with E-state index in [1.807, 2.05) is 19.9 Å². The smallest absolute Gasteiger partial charge is 0.235 e. The molecular weight excluding hydrogens is 371 g/mol. The molecule has 29 heavy (non-hydrogen) atoms. The van der Waals surface area contributed by atoms with Crippen LogP contribution in [-0.4, -0.2) is 30.7 Å². The quantitative estimate of drug-likeness (QED) is 0.648. The van der Waals surface area contributed by atoms with Gasteiger partial charge in [-0.3, -0.25) is 4.79 Å². The zero-order valence-electron chi connectivity index (χ0n) is 17.2. The number of pyridine rings is 1. The number of carbonyl (C=O) groups is 1. The van der Waals surface area contributed by atoms with Crippen LogP contribution in [0.3, 0.4) is 0 Å². The molecule has 156 valence electrons. The van der Waals surface area contributed by atoms with Gasteiger partial charge in [-0.05, 0) is 38.8 Å². The third-order valence-electron chi connectivity index (χ3n) is 5.49. The summed E-state index contributed by atoms with van der Waals surface area (Å²) in [5.41, 5.74) is 1.05. The highest BCUT2D eigenvalue weighted by Gasteiger charge is 2.42. The van der Waals surface area contributed by atoms with Crippen molar-refractivity contribution in [1.82, 2.24) is 4.98 Å². The number of ether oxygens (including phenoxy) is 2. The van der Waals surface area contributed by atoms with E-state index in [1.54, 1.807) is 24.4 Å². The maximum atomic E-state index is 14.6. The summed E-state index contributed by atoms with van der Waals surface area (Å²) in [7, 11) is 0. The van der Waals surface area contributed by atoms with Crippen LogP contribution >= 0.6 is 0 Å². The molecule has 5 nitrogen and oxygen atoms in total. The Morgan fingerprint density at radius 1 is 1.21 bits per heavy atom. The van der Waals surface area contributed by atoms with Gasteiger partial charge in [0.1, 0.15) is 12.4 Å². The number of nitrogens with zero attached hydrogens (tertiary/aromatic N) is 1. The summed E-state index contributed by atoms with van der Waals surface area (Å²) < 4.78 is 25.5. The number of hydrogen-bond donors (Lipinski definition) is 1. The van der Waals surface area contributed by atoms with E-state index in [4.69, 9.17) is 9.47 Å². The molecule has 0 radical (unpaired) electrons. The third-order valence-corrected chi connectivity index (χ3v) is 5.49. The molecule has 1 aromatic heterocycles. The second kappa shape index (κ2) is 9.83. The fourth-order valence-electron chi connectivity index (χ4n) is 4.00. The second-order valence-electron chi connectivity index (χ2n) is 7.47. The Labute approximate surface area is 171 Å². The number of benzene rings is 1. The molecule has 1 aromatic carbocycles. The summed E-state index contributed by atoms with van der Waals surface area (Å²) in [4.78, 5) is 17.6. The minimum absolute atomic E-state index is 0.173. The molecule has 0 atom stereocenters. The van der Waals surface area contributed by atoms with Gasteiger partial charge in [-0.25, -0.2) is 9.37 Å². The lowest BCUT2D eigenvalue weighted by molar-refractivity contribution is -0.122. The fourth-order valence-corrected chi connectivity index (χ4v) is 4.00. The molecule has 1 heterocycles. The Morgan fingerprint density at radius 2 is 1.97 bits per heavy atom. The number of aromatic nitrogens is 1. The molecule has 0 saturated heterocycles. The van der Waals surface area contributed by atoms with Gasteiger partial charge in [0.05, 0.1) is 23.9 Å². The maximum absolute atomic E-state index is 14.6. The summed E-state index contributed by atoms with van der Waals surface area (Å²) in [6, 6.07) is 8.45. The monoisotopic (exact) mass is 400 g/mol. The van der Waals surface area contributed by atoms with E-state index in [-0.39, 0.29) is 11.7 Å². The predicted molar refractivity (Wildman–Crippen MR) is 111 cm³/mol. The number of aryl methyl sites for hydroxylation is 1. The van der Waals surface area contributed by atoms with Gasteiger partial charge in [0, 0.05) is 17.7 Å². The first kappa shape index (κ1) is 21.2. The van der Waals surface area contributed by atoms with Crippen LogP contribution in [0.15, 0.2) is 36.5 Å². The number of amides is 1. The van der Waals surface area contributed by atoms with E-state index in [0.29, 0.717) is 49.8 Å². The van der Waals surface area contributed by atoms with Crippen molar-refractivity contribution in [3.05, 3.63) is 53.5 Å². The minimum atomic E-state index is -0.843. The molecule has 1 saturated carbocycles. The molecule has 6 heteroatoms. The molecule has 1 N–H and O–H groups in total. The summed E-state index contributed by atoms with van der Waals surface area (Å²) in [5.74, 6) is 0.0228. The highest BCUT2D eigenvalue weighted by Crippen LogP contribution is 2.41. The molecule has 0 spiro atoms. The number of hydrogen-bond acceptors (Lipinski definition) is 4. The SMILES string of the molecule is CCOCCOc1ncc(NC(=O)C2(c3ccccc3F)CCCCC2)cc1C. The Morgan fingerprint density at radius 3 is 2.66 bits per heavy atom. The summed E-state index contributed by atoms with van der Waals surface area (Å²) >= 11 is 0. The lowest BCUT2D eigenvalue weighted by Gasteiger charge is -2.36. The number of nitrogens with one attached hydrogen (secondary N) is 1. The van der Waals surface area contributed by atoms with Crippen LogP contribution in [0.4, 0.5) is 10.1 Å². The zero-order chi connectivity index (χ0) is 20.7. The average molecular weight is 400 g/mol. The number of halogens is 1. The lowest BCUT2D eigenvalue weighted by atomic mass is 9.68. The van der Waals surface area contributed by atoms with Crippen molar-refractivity contribution < 1.29 is 18.7 Å². The summed E-state index contributed by atoms with van der Waals surface area (Å²) in [6.07, 6.45) is 5.75. The van der Waals surface area contributed by atoms with Crippen molar-refractivity contribution in [1.29, 1.82) is 0 Å². The van der Waals surface area contributed by atoms with Crippen LogP contribution in [0.25, 0.3) is 0 Å². The van der Waals surface area contributed by atoms with Gasteiger partial charge < -0.3 is 14.8 Å². The van der Waals surface area contributed by atoms with Crippen molar-refractivity contribution >= 4 is 11.6 Å². The average Bonchev–Trinajstić information content (AvgIpc) is 2.73. The van der Waals surface area contributed by atoms with E-state index in [9.17, 15) is 9.18 Å². The largest absolute Gasteiger partial charge is 0.475 e. The Hall–Kier alpha value is -2.47. The Bertz CT molecular complexity index is 835. The van der Waals surface area contributed by atoms with E-state index < -0.39 is 5.41 Å². The highest BCUT2D eigenvalue weighted by molar-refractivity contribution is 5.99. The van der Waals surface area contributed by atoms with Crippen LogP contribution in [0.2, 0.25) is 0 Å². The van der Waals surface area contributed by atoms with Crippen molar-refractivity contribution in [2.45, 2.75) is 51.4 Å². The first-order valence-electron chi connectivity index (χ1n) is 10.3. The van der Waals surface area contributed by atoms with Gasteiger partial charge in [-0.1, -0.05) is 37.5 Å². The normalized spacial score (nSPS) is 15.7. The molecule has 1 aliphatic carbocycles. The van der Waals surface area contributed by atoms with Crippen LogP contribution in [0.1, 0.15) is 50.2 Å². The molecule has 1 amide bonds. The van der Waals surface area contributed by atoms with Crippen molar-refractivity contribution in [3.63, 3.8) is 0 Å². The van der Waals surface area contributed by atoms with Gasteiger partial charge >= 0.3 is 0 Å². The minimum Gasteiger partial charge on any atom is -0.475 e. The Kier molecular flexibility index (Phi) is 7.20. The topological polar surface area (TPSA) is 60.5 Å². The first-order valence-corrected chi connectivity index (χ1v) is 10.3. The van der Waals surface area contributed by atoms with E-state index >= 15 is 0 Å². The van der Waals surface area contributed by atoms with Gasteiger partial charge in [0.2, 0.25) is 11.8 Å². The van der Waals surface area contributed by atoms with Crippen LogP contribution < -0.4 is 10.1 Å². The van der Waals surface area contributed by atoms with Gasteiger partial charge in [0.15, 0.2) is 0 Å². The molecule has 3 rings (SSSR count). The first-order chi connectivity index (χ1) is 14.1. The number of carbonyl (C=O) groups excluding carboxylic acids is 1. The summed E-state index contributed by atoms with van der Waals surface area (Å²) in [6.45, 7) is 5.38. The molecule has 1 aliphatic rings. The predicted octanol–water partition coefficient (Wildman–Crippen LogP) is 4.79. The molecular formula is C23H29FN2O3. The highest BCUT2D eigenvalue weighted by atomic mass is 19.1. The van der Waals surface area contributed by atoms with Crippen molar-refractivity contribution in [2.24, 2.45) is 0 Å². The van der Waals surface area contributed by atoms with Crippen molar-refractivity contribution in [2.75, 3.05) is 25.1 Å². The van der Waals surface area contributed by atoms with Crippen LogP contribution in [0, 0.1) is 12.7 Å². The molecule has 1 fully saturated rings. The van der Waals surface area contributed by atoms with Gasteiger partial charge in [-0.2, -0.15) is 0 Å². The fraction of sp³-hybridized carbons (Fsp3) is 0.478. The molecule has 0 unspecified atom stereocenters. The Balaban J connectivity index is 1.76. The molecule has 0 bridgehead atoms. The lowest BCUT2D eigenvalue weighted by Crippen LogP contribution is -2.42. The molecule has 2 aromatic rings.